The van der Waals surface area contributed by atoms with E-state index in [-0.39, 0.29) is 5.91 Å². The number of H-pyrrole nitrogens is 1. The van der Waals surface area contributed by atoms with Gasteiger partial charge in [-0.15, -0.1) is 0 Å². The number of hydrogen-bond acceptors (Lipinski definition) is 3. The van der Waals surface area contributed by atoms with E-state index in [4.69, 9.17) is 5.21 Å². The smallest absolute Gasteiger partial charge is 0.268 e. The quantitative estimate of drug-likeness (QED) is 0.515. The Hall–Kier alpha value is -1.82. The first-order valence-corrected chi connectivity index (χ1v) is 6.30. The van der Waals surface area contributed by atoms with Crippen molar-refractivity contribution in [2.45, 2.75) is 6.42 Å². The first-order valence-electron chi connectivity index (χ1n) is 5.51. The molecule has 0 spiro atoms. The number of aromatic amines is 1. The summed E-state index contributed by atoms with van der Waals surface area (Å²) in [6, 6.07) is 5.69. The van der Waals surface area contributed by atoms with Gasteiger partial charge in [0.05, 0.1) is 5.71 Å². The largest absolute Gasteiger partial charge is 0.411 e. The summed E-state index contributed by atoms with van der Waals surface area (Å²) in [7, 11) is 0. The number of rotatable bonds is 0. The topological polar surface area (TPSA) is 77.5 Å². The molecule has 0 saturated heterocycles. The third kappa shape index (κ3) is 1.60. The van der Waals surface area contributed by atoms with Crippen molar-refractivity contribution in [3.63, 3.8) is 0 Å². The number of nitrogens with zero attached hydrogens (tertiary/aromatic N) is 1. The van der Waals surface area contributed by atoms with Gasteiger partial charge in [0.15, 0.2) is 0 Å². The summed E-state index contributed by atoms with van der Waals surface area (Å²) in [4.78, 5) is 15.0. The van der Waals surface area contributed by atoms with E-state index in [0.717, 1.165) is 15.4 Å². The normalized spacial score (nSPS) is 17.6. The Morgan fingerprint density at radius 3 is 3.00 bits per heavy atom. The number of nitrogens with one attached hydrogen (secondary N) is 2. The van der Waals surface area contributed by atoms with Gasteiger partial charge >= 0.3 is 0 Å². The van der Waals surface area contributed by atoms with Crippen LogP contribution in [-0.2, 0) is 0 Å². The van der Waals surface area contributed by atoms with Crippen LogP contribution in [0, 0.1) is 0 Å². The second kappa shape index (κ2) is 4.13. The maximum Gasteiger partial charge on any atom is 0.268 e. The van der Waals surface area contributed by atoms with Crippen LogP contribution >= 0.6 is 15.9 Å². The number of halogens is 1. The molecule has 3 N–H and O–H groups in total. The molecule has 0 radical (unpaired) electrons. The van der Waals surface area contributed by atoms with Crippen LogP contribution in [-0.4, -0.2) is 28.4 Å². The standard InChI is InChI=1S/C12H10BrN3O2/c13-6-1-2-8-7(5-6)10-9(16-18)3-4-14-12(17)11(10)15-8/h1-2,5,15,18H,3-4H2,(H,14,17)/b16-9+. The molecule has 0 atom stereocenters. The van der Waals surface area contributed by atoms with Crippen LogP contribution in [0.1, 0.15) is 22.5 Å². The van der Waals surface area contributed by atoms with E-state index in [9.17, 15) is 4.79 Å². The van der Waals surface area contributed by atoms with Crippen molar-refractivity contribution >= 4 is 38.5 Å². The average Bonchev–Trinajstić information content (AvgIpc) is 2.65. The lowest BCUT2D eigenvalue weighted by Crippen LogP contribution is -2.23. The highest BCUT2D eigenvalue weighted by Gasteiger charge is 2.24. The summed E-state index contributed by atoms with van der Waals surface area (Å²) >= 11 is 3.40. The van der Waals surface area contributed by atoms with E-state index < -0.39 is 0 Å². The molecule has 0 saturated carbocycles. The molecule has 0 aliphatic carbocycles. The summed E-state index contributed by atoms with van der Waals surface area (Å²) in [5, 5.41) is 16.1. The lowest BCUT2D eigenvalue weighted by Gasteiger charge is -2.00. The van der Waals surface area contributed by atoms with Crippen molar-refractivity contribution < 1.29 is 10.0 Å². The summed E-state index contributed by atoms with van der Waals surface area (Å²) < 4.78 is 0.916. The van der Waals surface area contributed by atoms with Crippen LogP contribution < -0.4 is 5.32 Å². The van der Waals surface area contributed by atoms with Crippen LogP contribution in [0.5, 0.6) is 0 Å². The predicted octanol–water partition coefficient (Wildman–Crippen LogP) is 2.24. The summed E-state index contributed by atoms with van der Waals surface area (Å²) in [5.41, 5.74) is 2.51. The molecule has 1 aliphatic rings. The fourth-order valence-electron chi connectivity index (χ4n) is 2.24. The van der Waals surface area contributed by atoms with Crippen LogP contribution in [0.2, 0.25) is 0 Å². The molecule has 1 aromatic heterocycles. The molecular weight excluding hydrogens is 298 g/mol. The molecule has 5 nitrogen and oxygen atoms in total. The molecule has 0 fully saturated rings. The second-order valence-corrected chi connectivity index (χ2v) is 5.03. The van der Waals surface area contributed by atoms with E-state index in [0.29, 0.717) is 29.9 Å². The highest BCUT2D eigenvalue weighted by Crippen LogP contribution is 2.28. The Labute approximate surface area is 111 Å². The third-order valence-electron chi connectivity index (χ3n) is 3.04. The van der Waals surface area contributed by atoms with Gasteiger partial charge in [-0.3, -0.25) is 4.79 Å². The minimum Gasteiger partial charge on any atom is -0.411 e. The van der Waals surface area contributed by atoms with Crippen molar-refractivity contribution in [1.29, 1.82) is 0 Å². The van der Waals surface area contributed by atoms with E-state index in [1.807, 2.05) is 18.2 Å². The van der Waals surface area contributed by atoms with Gasteiger partial charge in [-0.1, -0.05) is 21.1 Å². The highest BCUT2D eigenvalue weighted by molar-refractivity contribution is 9.10. The van der Waals surface area contributed by atoms with E-state index in [1.165, 1.54) is 0 Å². The maximum absolute atomic E-state index is 11.9. The number of carbonyl (C=O) groups is 1. The van der Waals surface area contributed by atoms with E-state index in [2.05, 4.69) is 31.4 Å². The lowest BCUT2D eigenvalue weighted by molar-refractivity contribution is 0.0952. The van der Waals surface area contributed by atoms with Gasteiger partial charge in [0.25, 0.3) is 5.91 Å². The zero-order valence-corrected chi connectivity index (χ0v) is 10.9. The van der Waals surface area contributed by atoms with Crippen LogP contribution in [0.4, 0.5) is 0 Å². The number of aromatic nitrogens is 1. The van der Waals surface area contributed by atoms with Crippen LogP contribution in [0.15, 0.2) is 27.8 Å². The molecular formula is C12H10BrN3O2. The maximum atomic E-state index is 11.9. The predicted molar refractivity (Wildman–Crippen MR) is 71.3 cm³/mol. The van der Waals surface area contributed by atoms with Crippen molar-refractivity contribution in [2.75, 3.05) is 6.54 Å². The number of oxime groups is 1. The molecule has 0 bridgehead atoms. The summed E-state index contributed by atoms with van der Waals surface area (Å²) in [6.45, 7) is 0.468. The summed E-state index contributed by atoms with van der Waals surface area (Å²) in [6.07, 6.45) is 0.509. The first-order chi connectivity index (χ1) is 8.70. The molecule has 3 rings (SSSR count). The molecule has 0 unspecified atom stereocenters. The molecule has 1 amide bonds. The van der Waals surface area contributed by atoms with Gasteiger partial charge < -0.3 is 15.5 Å². The molecule has 6 heteroatoms. The van der Waals surface area contributed by atoms with Gasteiger partial charge in [0, 0.05) is 33.9 Å². The van der Waals surface area contributed by atoms with Crippen LogP contribution in [0.25, 0.3) is 10.9 Å². The molecule has 1 aromatic carbocycles. The Morgan fingerprint density at radius 1 is 1.39 bits per heavy atom. The van der Waals surface area contributed by atoms with Crippen molar-refractivity contribution in [3.05, 3.63) is 33.9 Å². The van der Waals surface area contributed by atoms with Gasteiger partial charge in [0.2, 0.25) is 0 Å². The molecule has 92 valence electrons. The molecule has 2 aromatic rings. The van der Waals surface area contributed by atoms with Gasteiger partial charge in [-0.05, 0) is 18.2 Å². The Balaban J connectivity index is 2.38. The zero-order valence-electron chi connectivity index (χ0n) is 9.33. The SMILES string of the molecule is O=C1NCC/C(=N\O)c2c1[nH]c1ccc(Br)cc21. The Morgan fingerprint density at radius 2 is 2.22 bits per heavy atom. The lowest BCUT2D eigenvalue weighted by atomic mass is 10.0. The zero-order chi connectivity index (χ0) is 12.7. The number of hydrogen-bond donors (Lipinski definition) is 3. The molecule has 18 heavy (non-hydrogen) atoms. The van der Waals surface area contributed by atoms with Gasteiger partial charge in [-0.2, -0.15) is 0 Å². The Bertz CT molecular complexity index is 675. The number of carbonyl (C=O) groups excluding carboxylic acids is 1. The Kier molecular flexibility index (Phi) is 2.59. The number of amides is 1. The number of fused-ring (bicyclic) bond motifs is 3. The van der Waals surface area contributed by atoms with Gasteiger partial charge in [-0.25, -0.2) is 0 Å². The minimum atomic E-state index is -0.170. The molecule has 1 aliphatic heterocycles. The average molecular weight is 308 g/mol. The van der Waals surface area contributed by atoms with Crippen molar-refractivity contribution in [3.8, 4) is 0 Å². The monoisotopic (exact) mass is 307 g/mol. The van der Waals surface area contributed by atoms with Gasteiger partial charge in [0.1, 0.15) is 5.69 Å². The fourth-order valence-corrected chi connectivity index (χ4v) is 2.60. The number of benzene rings is 1. The minimum absolute atomic E-state index is 0.170. The fraction of sp³-hybridized carbons (Fsp3) is 0.167. The van der Waals surface area contributed by atoms with Crippen molar-refractivity contribution in [2.24, 2.45) is 5.16 Å². The van der Waals surface area contributed by atoms with Crippen molar-refractivity contribution in [1.82, 2.24) is 10.3 Å². The van der Waals surface area contributed by atoms with E-state index in [1.54, 1.807) is 0 Å². The van der Waals surface area contributed by atoms with E-state index >= 15 is 0 Å². The van der Waals surface area contributed by atoms with Crippen LogP contribution in [0.3, 0.4) is 0 Å². The summed E-state index contributed by atoms with van der Waals surface area (Å²) in [5.74, 6) is -0.170. The third-order valence-corrected chi connectivity index (χ3v) is 3.54. The highest BCUT2D eigenvalue weighted by atomic mass is 79.9. The molecule has 2 heterocycles. The first kappa shape index (κ1) is 11.3. The second-order valence-electron chi connectivity index (χ2n) is 4.12.